The molecule has 4 nitrogen and oxygen atoms in total. The molecule has 102 valence electrons. The minimum absolute atomic E-state index is 0.182. The van der Waals surface area contributed by atoms with Crippen LogP contribution in [0, 0.1) is 11.7 Å². The molecule has 2 aliphatic rings. The molecule has 2 unspecified atom stereocenters. The van der Waals surface area contributed by atoms with Crippen molar-refractivity contribution in [3.05, 3.63) is 29.8 Å². The number of hydrogen-bond acceptors (Lipinski definition) is 4. The largest absolute Gasteiger partial charge is 0.294 e. The van der Waals surface area contributed by atoms with Crippen molar-refractivity contribution in [1.29, 1.82) is 0 Å². The van der Waals surface area contributed by atoms with Crippen LogP contribution in [0.15, 0.2) is 18.5 Å². The Morgan fingerprint density at radius 2 is 1.84 bits per heavy atom. The first-order valence-electron chi connectivity index (χ1n) is 6.36. The average Bonchev–Trinajstić information content (AvgIpc) is 2.58. The molecule has 2 fully saturated rings. The first kappa shape index (κ1) is 12.7. The van der Waals surface area contributed by atoms with Crippen LogP contribution in [0.5, 0.6) is 0 Å². The molecule has 1 aromatic heterocycles. The maximum absolute atomic E-state index is 13.1. The van der Waals surface area contributed by atoms with Crippen LogP contribution in [0.1, 0.15) is 36.0 Å². The molecule has 19 heavy (non-hydrogen) atoms. The van der Waals surface area contributed by atoms with Crippen LogP contribution >= 0.6 is 0 Å². The quantitative estimate of drug-likeness (QED) is 0.776. The Morgan fingerprint density at radius 3 is 2.42 bits per heavy atom. The lowest BCUT2D eigenvalue weighted by Crippen LogP contribution is -2.36. The highest BCUT2D eigenvalue weighted by Gasteiger charge is 2.48. The van der Waals surface area contributed by atoms with Crippen LogP contribution in [0.25, 0.3) is 0 Å². The van der Waals surface area contributed by atoms with Crippen LogP contribution in [0.3, 0.4) is 0 Å². The second-order valence-corrected chi connectivity index (χ2v) is 7.85. The fourth-order valence-electron chi connectivity index (χ4n) is 3.20. The molecule has 6 heteroatoms. The average molecular weight is 283 g/mol. The summed E-state index contributed by atoms with van der Waals surface area (Å²) in [6.45, 7) is 0. The molecular formula is C13H14FNO3S. The smallest absolute Gasteiger partial charge is 0.167 e. The fraction of sp³-hybridized carbons (Fsp3) is 0.538. The van der Waals surface area contributed by atoms with Gasteiger partial charge in [-0.1, -0.05) is 0 Å². The Morgan fingerprint density at radius 1 is 1.21 bits per heavy atom. The van der Waals surface area contributed by atoms with E-state index < -0.39 is 15.7 Å². The maximum Gasteiger partial charge on any atom is 0.167 e. The molecule has 0 saturated carbocycles. The van der Waals surface area contributed by atoms with Crippen LogP contribution in [-0.2, 0) is 9.84 Å². The summed E-state index contributed by atoms with van der Waals surface area (Å²) >= 11 is 0. The summed E-state index contributed by atoms with van der Waals surface area (Å²) < 4.78 is 37.0. The van der Waals surface area contributed by atoms with Crippen LogP contribution in [-0.4, -0.2) is 29.7 Å². The van der Waals surface area contributed by atoms with E-state index in [9.17, 15) is 17.6 Å². The SMILES string of the molecule is O=C(c1cncc(F)c1)C1CC2CCC(C1)S2(=O)=O. The van der Waals surface area contributed by atoms with Crippen LogP contribution in [0.4, 0.5) is 4.39 Å². The van der Waals surface area contributed by atoms with E-state index in [-0.39, 0.29) is 27.8 Å². The standard InChI is InChI=1S/C13H14FNO3S/c14-10-3-9(6-15-7-10)13(16)8-4-11-1-2-12(5-8)19(11,17)18/h3,6-8,11-12H,1-2,4-5H2. The minimum Gasteiger partial charge on any atom is -0.294 e. The van der Waals surface area contributed by atoms with Gasteiger partial charge in [0.1, 0.15) is 5.82 Å². The Balaban J connectivity index is 1.84. The van der Waals surface area contributed by atoms with Gasteiger partial charge in [0.2, 0.25) is 0 Å². The number of carbonyl (C=O) groups excluding carboxylic acids is 1. The number of Topliss-reactive ketones (excluding diaryl/α,β-unsaturated/α-hetero) is 1. The number of hydrogen-bond donors (Lipinski definition) is 0. The first-order valence-corrected chi connectivity index (χ1v) is 7.97. The molecule has 0 aromatic carbocycles. The highest BCUT2D eigenvalue weighted by molar-refractivity contribution is 7.93. The zero-order valence-electron chi connectivity index (χ0n) is 10.3. The third-order valence-electron chi connectivity index (χ3n) is 4.19. The lowest BCUT2D eigenvalue weighted by molar-refractivity contribution is 0.0904. The fourth-order valence-corrected chi connectivity index (χ4v) is 5.68. The summed E-state index contributed by atoms with van der Waals surface area (Å²) in [6, 6.07) is 1.17. The van der Waals surface area contributed by atoms with Crippen molar-refractivity contribution in [2.45, 2.75) is 36.2 Å². The Labute approximate surface area is 111 Å². The molecule has 2 bridgehead atoms. The molecule has 3 rings (SSSR count). The van der Waals surface area contributed by atoms with Gasteiger partial charge in [-0.3, -0.25) is 9.78 Å². The molecule has 0 amide bonds. The molecule has 0 radical (unpaired) electrons. The van der Waals surface area contributed by atoms with E-state index in [1.165, 1.54) is 12.3 Å². The molecule has 2 atom stereocenters. The van der Waals surface area contributed by atoms with E-state index in [4.69, 9.17) is 0 Å². The molecule has 0 spiro atoms. The number of nitrogens with zero attached hydrogens (tertiary/aromatic N) is 1. The number of ketones is 1. The predicted octanol–water partition coefficient (Wildman–Crippen LogP) is 1.76. The van der Waals surface area contributed by atoms with Crippen molar-refractivity contribution in [1.82, 2.24) is 4.98 Å². The Bertz CT molecular complexity index is 609. The summed E-state index contributed by atoms with van der Waals surface area (Å²) in [4.78, 5) is 15.9. The van der Waals surface area contributed by atoms with Gasteiger partial charge in [-0.15, -0.1) is 0 Å². The summed E-state index contributed by atoms with van der Waals surface area (Å²) in [7, 11) is -3.03. The minimum atomic E-state index is -3.03. The van der Waals surface area contributed by atoms with Gasteiger partial charge in [0.15, 0.2) is 15.6 Å². The summed E-state index contributed by atoms with van der Waals surface area (Å²) in [5.74, 6) is -1.04. The molecule has 0 N–H and O–H groups in total. The molecule has 3 heterocycles. The number of sulfone groups is 1. The first-order chi connectivity index (χ1) is 8.98. The van der Waals surface area contributed by atoms with Crippen molar-refractivity contribution in [2.75, 3.05) is 0 Å². The van der Waals surface area contributed by atoms with E-state index in [0.29, 0.717) is 25.7 Å². The lowest BCUT2D eigenvalue weighted by Gasteiger charge is -2.26. The van der Waals surface area contributed by atoms with Gasteiger partial charge < -0.3 is 0 Å². The van der Waals surface area contributed by atoms with Gasteiger partial charge in [0, 0.05) is 17.7 Å². The van der Waals surface area contributed by atoms with Gasteiger partial charge >= 0.3 is 0 Å². The van der Waals surface area contributed by atoms with Gasteiger partial charge in [-0.05, 0) is 31.7 Å². The normalized spacial score (nSPS) is 32.2. The van der Waals surface area contributed by atoms with Gasteiger partial charge in [-0.2, -0.15) is 0 Å². The third kappa shape index (κ3) is 2.08. The van der Waals surface area contributed by atoms with Crippen molar-refractivity contribution >= 4 is 15.6 Å². The van der Waals surface area contributed by atoms with Gasteiger partial charge in [-0.25, -0.2) is 12.8 Å². The molecule has 0 aliphatic carbocycles. The monoisotopic (exact) mass is 283 g/mol. The van der Waals surface area contributed by atoms with E-state index in [1.807, 2.05) is 0 Å². The van der Waals surface area contributed by atoms with Crippen molar-refractivity contribution < 1.29 is 17.6 Å². The second-order valence-electron chi connectivity index (χ2n) is 5.33. The number of fused-ring (bicyclic) bond motifs is 2. The topological polar surface area (TPSA) is 64.1 Å². The number of pyridine rings is 1. The molecular weight excluding hydrogens is 269 g/mol. The van der Waals surface area contributed by atoms with Crippen molar-refractivity contribution in [3.63, 3.8) is 0 Å². The van der Waals surface area contributed by atoms with E-state index in [2.05, 4.69) is 4.98 Å². The van der Waals surface area contributed by atoms with E-state index in [1.54, 1.807) is 0 Å². The van der Waals surface area contributed by atoms with Crippen molar-refractivity contribution in [3.8, 4) is 0 Å². The zero-order valence-corrected chi connectivity index (χ0v) is 11.1. The summed E-state index contributed by atoms with van der Waals surface area (Å²) in [6.07, 6.45) is 4.43. The second kappa shape index (κ2) is 4.37. The number of halogens is 1. The number of rotatable bonds is 2. The third-order valence-corrected chi connectivity index (χ3v) is 6.91. The highest BCUT2D eigenvalue weighted by atomic mass is 32.2. The molecule has 2 saturated heterocycles. The number of carbonyl (C=O) groups is 1. The van der Waals surface area contributed by atoms with Gasteiger partial charge in [0.05, 0.1) is 16.7 Å². The lowest BCUT2D eigenvalue weighted by atomic mass is 9.91. The number of aromatic nitrogens is 1. The Kier molecular flexibility index (Phi) is 2.92. The molecule has 1 aromatic rings. The van der Waals surface area contributed by atoms with Gasteiger partial charge in [0.25, 0.3) is 0 Å². The van der Waals surface area contributed by atoms with Crippen molar-refractivity contribution in [2.24, 2.45) is 5.92 Å². The Hall–Kier alpha value is -1.30. The van der Waals surface area contributed by atoms with Crippen LogP contribution < -0.4 is 0 Å². The highest BCUT2D eigenvalue weighted by Crippen LogP contribution is 2.42. The summed E-state index contributed by atoms with van der Waals surface area (Å²) in [5, 5.41) is -0.775. The maximum atomic E-state index is 13.1. The van der Waals surface area contributed by atoms with E-state index in [0.717, 1.165) is 6.20 Å². The van der Waals surface area contributed by atoms with E-state index >= 15 is 0 Å². The predicted molar refractivity (Wildman–Crippen MR) is 67.0 cm³/mol. The molecule has 2 aliphatic heterocycles. The summed E-state index contributed by atoms with van der Waals surface area (Å²) in [5.41, 5.74) is 0.240. The zero-order chi connectivity index (χ0) is 13.6. The van der Waals surface area contributed by atoms with Crippen LogP contribution in [0.2, 0.25) is 0 Å².